The van der Waals surface area contributed by atoms with Gasteiger partial charge in [0.25, 0.3) is 0 Å². The average molecular weight is 417 g/mol. The summed E-state index contributed by atoms with van der Waals surface area (Å²) in [6.45, 7) is 2.16. The van der Waals surface area contributed by atoms with Crippen LogP contribution in [0.5, 0.6) is 23.0 Å². The minimum absolute atomic E-state index is 0.0568. The fourth-order valence-corrected chi connectivity index (χ4v) is 4.19. The van der Waals surface area contributed by atoms with Gasteiger partial charge in [-0.15, -0.1) is 11.8 Å². The molecular formula is C21H23NO6S. The summed E-state index contributed by atoms with van der Waals surface area (Å²) < 4.78 is 21.4. The number of carbonyl (C=O) groups is 2. The lowest BCUT2D eigenvalue weighted by atomic mass is 10.2. The van der Waals surface area contributed by atoms with E-state index in [2.05, 4.69) is 0 Å². The molecular weight excluding hydrogens is 394 g/mol. The minimum Gasteiger partial charge on any atom is -0.497 e. The molecule has 1 heterocycles. The van der Waals surface area contributed by atoms with Crippen molar-refractivity contribution in [2.45, 2.75) is 12.3 Å². The van der Waals surface area contributed by atoms with Crippen molar-refractivity contribution < 1.29 is 28.5 Å². The molecule has 1 atom stereocenters. The quantitative estimate of drug-likeness (QED) is 0.482. The Hall–Kier alpha value is -2.87. The molecule has 8 heteroatoms. The van der Waals surface area contributed by atoms with E-state index in [0.29, 0.717) is 36.2 Å². The summed E-state index contributed by atoms with van der Waals surface area (Å²) in [4.78, 5) is 25.4. The van der Waals surface area contributed by atoms with Crippen LogP contribution in [0.3, 0.4) is 0 Å². The van der Waals surface area contributed by atoms with Crippen LogP contribution in [-0.4, -0.2) is 49.9 Å². The van der Waals surface area contributed by atoms with Crippen molar-refractivity contribution in [2.75, 3.05) is 33.1 Å². The summed E-state index contributed by atoms with van der Waals surface area (Å²) in [6, 6.07) is 12.6. The van der Waals surface area contributed by atoms with Crippen molar-refractivity contribution in [1.82, 2.24) is 4.90 Å². The van der Waals surface area contributed by atoms with Gasteiger partial charge in [-0.2, -0.15) is 0 Å². The van der Waals surface area contributed by atoms with Crippen LogP contribution in [0, 0.1) is 0 Å². The van der Waals surface area contributed by atoms with Crippen molar-refractivity contribution in [3.05, 3.63) is 48.0 Å². The summed E-state index contributed by atoms with van der Waals surface area (Å²) in [6.07, 6.45) is 0. The Morgan fingerprint density at radius 1 is 1.07 bits per heavy atom. The fraction of sp³-hybridized carbons (Fsp3) is 0.333. The normalized spacial score (nSPS) is 15.9. The second kappa shape index (κ2) is 9.56. The average Bonchev–Trinajstić information content (AvgIpc) is 3.09. The highest BCUT2D eigenvalue weighted by molar-refractivity contribution is 8.00. The number of hydrogen-bond acceptors (Lipinski definition) is 7. The smallest absolute Gasteiger partial charge is 0.308 e. The molecule has 7 nitrogen and oxygen atoms in total. The van der Waals surface area contributed by atoms with Crippen molar-refractivity contribution in [3.63, 3.8) is 0 Å². The molecule has 3 rings (SSSR count). The first-order chi connectivity index (χ1) is 14.0. The topological polar surface area (TPSA) is 74.3 Å². The van der Waals surface area contributed by atoms with E-state index in [-0.39, 0.29) is 11.3 Å². The summed E-state index contributed by atoms with van der Waals surface area (Å²) in [5, 5.41) is -0.151. The highest BCUT2D eigenvalue weighted by Gasteiger charge is 2.33. The van der Waals surface area contributed by atoms with Gasteiger partial charge in [0.15, 0.2) is 11.5 Å². The lowest BCUT2D eigenvalue weighted by Crippen LogP contribution is -2.32. The van der Waals surface area contributed by atoms with E-state index in [1.54, 1.807) is 35.9 Å². The first kappa shape index (κ1) is 20.9. The van der Waals surface area contributed by atoms with E-state index in [1.807, 2.05) is 30.3 Å². The summed E-state index contributed by atoms with van der Waals surface area (Å²) in [5.41, 5.74) is 0.901. The molecule has 154 valence electrons. The largest absolute Gasteiger partial charge is 0.497 e. The molecule has 0 saturated carbocycles. The predicted octanol–water partition coefficient (Wildman–Crippen LogP) is 3.28. The molecule has 1 fully saturated rings. The number of methoxy groups -OCH3 is 2. The van der Waals surface area contributed by atoms with Gasteiger partial charge in [-0.1, -0.05) is 6.07 Å². The molecule has 1 aliphatic heterocycles. The van der Waals surface area contributed by atoms with Crippen LogP contribution in [0.15, 0.2) is 42.5 Å². The highest BCUT2D eigenvalue weighted by Crippen LogP contribution is 2.41. The number of rotatable bonds is 8. The van der Waals surface area contributed by atoms with Crippen molar-refractivity contribution in [3.8, 4) is 23.0 Å². The van der Waals surface area contributed by atoms with Crippen molar-refractivity contribution >= 4 is 23.6 Å². The Balaban J connectivity index is 1.67. The van der Waals surface area contributed by atoms with Gasteiger partial charge in [0, 0.05) is 6.92 Å². The zero-order valence-corrected chi connectivity index (χ0v) is 17.4. The van der Waals surface area contributed by atoms with E-state index >= 15 is 0 Å². The second-order valence-electron chi connectivity index (χ2n) is 6.28. The molecule has 1 amide bonds. The molecule has 2 aromatic rings. The minimum atomic E-state index is -0.418. The Kier molecular flexibility index (Phi) is 6.87. The molecule has 1 unspecified atom stereocenters. The van der Waals surface area contributed by atoms with E-state index in [0.717, 1.165) is 11.3 Å². The van der Waals surface area contributed by atoms with Gasteiger partial charge in [-0.05, 0) is 42.0 Å². The first-order valence-electron chi connectivity index (χ1n) is 9.06. The molecule has 0 bridgehead atoms. The molecule has 29 heavy (non-hydrogen) atoms. The Morgan fingerprint density at radius 2 is 1.79 bits per heavy atom. The standard InChI is InChI=1S/C21H23NO6S/c1-14(23)28-18-9-4-15(12-19(18)26-3)21-22(20(24)13-29-21)10-11-27-17-7-5-16(25-2)6-8-17/h4-9,12,21H,10-11,13H2,1-3H3. The van der Waals surface area contributed by atoms with Crippen LogP contribution in [-0.2, 0) is 9.59 Å². The summed E-state index contributed by atoms with van der Waals surface area (Å²) in [7, 11) is 3.12. The molecule has 0 radical (unpaired) electrons. The number of hydrogen-bond donors (Lipinski definition) is 0. The third kappa shape index (κ3) is 5.14. The molecule has 1 aliphatic rings. The van der Waals surface area contributed by atoms with E-state index < -0.39 is 5.97 Å². The van der Waals surface area contributed by atoms with Gasteiger partial charge in [-0.3, -0.25) is 9.59 Å². The number of benzene rings is 2. The zero-order chi connectivity index (χ0) is 20.8. The number of thioether (sulfide) groups is 1. The number of carbonyl (C=O) groups excluding carboxylic acids is 2. The van der Waals surface area contributed by atoms with Gasteiger partial charge in [0.05, 0.1) is 26.5 Å². The number of nitrogens with zero attached hydrogens (tertiary/aromatic N) is 1. The maximum absolute atomic E-state index is 12.4. The third-order valence-electron chi connectivity index (χ3n) is 4.35. The van der Waals surface area contributed by atoms with Crippen LogP contribution in [0.2, 0.25) is 0 Å². The van der Waals surface area contributed by atoms with Crippen LogP contribution in [0.4, 0.5) is 0 Å². The first-order valence-corrected chi connectivity index (χ1v) is 10.1. The lowest BCUT2D eigenvalue weighted by Gasteiger charge is -2.25. The molecule has 0 spiro atoms. The van der Waals surface area contributed by atoms with Gasteiger partial charge in [0.1, 0.15) is 23.5 Å². The van der Waals surface area contributed by atoms with Crippen molar-refractivity contribution in [2.24, 2.45) is 0 Å². The van der Waals surface area contributed by atoms with Crippen LogP contribution in [0.1, 0.15) is 17.9 Å². The Bertz CT molecular complexity index is 870. The molecule has 2 aromatic carbocycles. The van der Waals surface area contributed by atoms with Crippen LogP contribution >= 0.6 is 11.8 Å². The van der Waals surface area contributed by atoms with E-state index in [1.165, 1.54) is 14.0 Å². The maximum Gasteiger partial charge on any atom is 0.308 e. The van der Waals surface area contributed by atoms with Gasteiger partial charge >= 0.3 is 5.97 Å². The van der Waals surface area contributed by atoms with Crippen molar-refractivity contribution in [1.29, 1.82) is 0 Å². The van der Waals surface area contributed by atoms with Gasteiger partial charge in [0.2, 0.25) is 5.91 Å². The highest BCUT2D eigenvalue weighted by atomic mass is 32.2. The number of amides is 1. The van der Waals surface area contributed by atoms with Crippen LogP contribution in [0.25, 0.3) is 0 Å². The summed E-state index contributed by atoms with van der Waals surface area (Å²) >= 11 is 1.54. The molecule has 0 aliphatic carbocycles. The van der Waals surface area contributed by atoms with E-state index in [9.17, 15) is 9.59 Å². The second-order valence-corrected chi connectivity index (χ2v) is 7.35. The monoisotopic (exact) mass is 417 g/mol. The van der Waals surface area contributed by atoms with Gasteiger partial charge in [-0.25, -0.2) is 0 Å². The summed E-state index contributed by atoms with van der Waals surface area (Å²) in [5.74, 6) is 2.32. The number of ether oxygens (including phenoxy) is 4. The maximum atomic E-state index is 12.4. The Labute approximate surface area is 173 Å². The van der Waals surface area contributed by atoms with Gasteiger partial charge < -0.3 is 23.8 Å². The van der Waals surface area contributed by atoms with E-state index in [4.69, 9.17) is 18.9 Å². The Morgan fingerprint density at radius 3 is 2.45 bits per heavy atom. The molecule has 1 saturated heterocycles. The third-order valence-corrected chi connectivity index (χ3v) is 5.61. The zero-order valence-electron chi connectivity index (χ0n) is 16.5. The predicted molar refractivity (Wildman–Crippen MR) is 110 cm³/mol. The molecule has 0 aromatic heterocycles. The van der Waals surface area contributed by atoms with Crippen LogP contribution < -0.4 is 18.9 Å². The lowest BCUT2D eigenvalue weighted by molar-refractivity contribution is -0.132. The molecule has 0 N–H and O–H groups in total. The SMILES string of the molecule is COc1ccc(OCCN2C(=O)CSC2c2ccc(OC(C)=O)c(OC)c2)cc1. The number of esters is 1. The fourth-order valence-electron chi connectivity index (χ4n) is 2.98.